The van der Waals surface area contributed by atoms with Crippen LogP contribution in [0.15, 0.2) is 134 Å². The van der Waals surface area contributed by atoms with Gasteiger partial charge in [0.2, 0.25) is 11.4 Å². The number of benzene rings is 5. The Morgan fingerprint density at radius 2 is 1.22 bits per heavy atom. The van der Waals surface area contributed by atoms with E-state index in [1.807, 2.05) is 0 Å². The lowest BCUT2D eigenvalue weighted by Gasteiger charge is -2.21. The summed E-state index contributed by atoms with van der Waals surface area (Å²) in [5, 5.41) is 5.02. The van der Waals surface area contributed by atoms with Crippen molar-refractivity contribution in [3.8, 4) is 33.6 Å². The highest BCUT2D eigenvalue weighted by Gasteiger charge is 2.24. The minimum Gasteiger partial charge on any atom is -0.201 e. The summed E-state index contributed by atoms with van der Waals surface area (Å²) >= 11 is 0. The van der Waals surface area contributed by atoms with Crippen molar-refractivity contribution in [2.75, 3.05) is 0 Å². The SMILES string of the molecule is Cc1ccc(C(C)(C)C)cc1-c1cc(C(C)(C)C)cc[n+]1/C=C\c1cc2ccc3ccccc3c2cc1-c1cc(-c2ccccc2)cc[n+]1C. The Labute approximate surface area is 298 Å². The molecule has 0 spiro atoms. The molecule has 7 aromatic rings. The molecule has 0 aliphatic rings. The molecule has 0 aliphatic carbocycles. The zero-order valence-corrected chi connectivity index (χ0v) is 30.8. The van der Waals surface area contributed by atoms with Gasteiger partial charge in [-0.25, -0.2) is 4.57 Å². The lowest BCUT2D eigenvalue weighted by molar-refractivity contribution is -0.660. The van der Waals surface area contributed by atoms with Crippen LogP contribution in [0.1, 0.15) is 63.8 Å². The van der Waals surface area contributed by atoms with Crippen molar-refractivity contribution in [3.05, 3.63) is 156 Å². The van der Waals surface area contributed by atoms with Gasteiger partial charge in [-0.1, -0.05) is 120 Å². The fraction of sp³-hybridized carbons (Fsp3) is 0.208. The number of rotatable bonds is 5. The van der Waals surface area contributed by atoms with Gasteiger partial charge in [0.05, 0.1) is 5.56 Å². The Balaban J connectivity index is 1.45. The van der Waals surface area contributed by atoms with E-state index in [4.69, 9.17) is 0 Å². The van der Waals surface area contributed by atoms with Crippen molar-refractivity contribution in [2.45, 2.75) is 59.3 Å². The molecule has 5 aromatic carbocycles. The first-order valence-corrected chi connectivity index (χ1v) is 17.7. The van der Waals surface area contributed by atoms with Gasteiger partial charge in [-0.15, -0.1) is 0 Å². The highest BCUT2D eigenvalue weighted by atomic mass is 14.9. The van der Waals surface area contributed by atoms with E-state index in [0.717, 1.165) is 0 Å². The number of hydrogen-bond acceptors (Lipinski definition) is 0. The third kappa shape index (κ3) is 6.51. The molecule has 2 aromatic heterocycles. The first-order valence-electron chi connectivity index (χ1n) is 17.7. The number of aryl methyl sites for hydroxylation is 2. The van der Waals surface area contributed by atoms with Gasteiger partial charge in [-0.3, -0.25) is 0 Å². The van der Waals surface area contributed by atoms with E-state index in [-0.39, 0.29) is 10.8 Å². The van der Waals surface area contributed by atoms with Crippen LogP contribution in [0.5, 0.6) is 0 Å². The molecule has 0 N–H and O–H groups in total. The van der Waals surface area contributed by atoms with E-state index >= 15 is 0 Å². The van der Waals surface area contributed by atoms with Crippen molar-refractivity contribution in [3.63, 3.8) is 0 Å². The molecule has 50 heavy (non-hydrogen) atoms. The molecule has 0 aliphatic heterocycles. The van der Waals surface area contributed by atoms with Gasteiger partial charge >= 0.3 is 0 Å². The fourth-order valence-corrected chi connectivity index (χ4v) is 6.93. The van der Waals surface area contributed by atoms with Crippen LogP contribution in [-0.4, -0.2) is 0 Å². The minimum atomic E-state index is 0.0277. The summed E-state index contributed by atoms with van der Waals surface area (Å²) in [5.74, 6) is 0. The summed E-state index contributed by atoms with van der Waals surface area (Å²) in [7, 11) is 2.15. The van der Waals surface area contributed by atoms with Crippen LogP contribution >= 0.6 is 0 Å². The van der Waals surface area contributed by atoms with Gasteiger partial charge in [0, 0.05) is 35.9 Å². The lowest BCUT2D eigenvalue weighted by Crippen LogP contribution is -2.31. The molecule has 2 nitrogen and oxygen atoms in total. The van der Waals surface area contributed by atoms with Crippen molar-refractivity contribution in [2.24, 2.45) is 7.05 Å². The molecule has 2 heteroatoms. The summed E-state index contributed by atoms with van der Waals surface area (Å²) in [5.41, 5.74) is 12.4. The predicted octanol–water partition coefficient (Wildman–Crippen LogP) is 11.6. The zero-order valence-electron chi connectivity index (χ0n) is 30.8. The predicted molar refractivity (Wildman–Crippen MR) is 213 cm³/mol. The largest absolute Gasteiger partial charge is 0.218 e. The second-order valence-electron chi connectivity index (χ2n) is 15.8. The maximum atomic E-state index is 2.40. The molecule has 2 heterocycles. The van der Waals surface area contributed by atoms with Gasteiger partial charge in [0.15, 0.2) is 18.6 Å². The maximum absolute atomic E-state index is 2.40. The third-order valence-electron chi connectivity index (χ3n) is 10.1. The van der Waals surface area contributed by atoms with Crippen LogP contribution in [0.4, 0.5) is 0 Å². The summed E-state index contributed by atoms with van der Waals surface area (Å²) in [6, 6.07) is 44.8. The van der Waals surface area contributed by atoms with E-state index in [1.165, 1.54) is 77.4 Å². The molecular formula is C48H48N2+2. The first kappa shape index (κ1) is 33.2. The number of nitrogens with zero attached hydrogens (tertiary/aromatic N) is 2. The Morgan fingerprint density at radius 3 is 1.98 bits per heavy atom. The summed E-state index contributed by atoms with van der Waals surface area (Å²) in [6.45, 7) is 16.0. The molecule has 0 atom stereocenters. The first-order chi connectivity index (χ1) is 23.9. The summed E-state index contributed by atoms with van der Waals surface area (Å²) in [6.07, 6.45) is 8.96. The molecule has 0 fully saturated rings. The zero-order chi connectivity index (χ0) is 35.2. The molecule has 0 unspecified atom stereocenters. The third-order valence-corrected chi connectivity index (χ3v) is 10.1. The monoisotopic (exact) mass is 652 g/mol. The second-order valence-corrected chi connectivity index (χ2v) is 15.8. The number of aromatic nitrogens is 2. The maximum Gasteiger partial charge on any atom is 0.218 e. The van der Waals surface area contributed by atoms with Crippen LogP contribution in [-0.2, 0) is 17.9 Å². The van der Waals surface area contributed by atoms with E-state index in [1.54, 1.807) is 0 Å². The molecule has 0 radical (unpaired) electrons. The molecule has 0 saturated heterocycles. The van der Waals surface area contributed by atoms with Crippen molar-refractivity contribution < 1.29 is 9.13 Å². The molecule has 7 rings (SSSR count). The van der Waals surface area contributed by atoms with Crippen LogP contribution < -0.4 is 9.13 Å². The number of pyridine rings is 2. The second kappa shape index (κ2) is 12.8. The van der Waals surface area contributed by atoms with E-state index < -0.39 is 0 Å². The van der Waals surface area contributed by atoms with Gasteiger partial charge in [0.1, 0.15) is 7.05 Å². The van der Waals surface area contributed by atoms with Crippen LogP contribution in [0.2, 0.25) is 0 Å². The molecule has 248 valence electrons. The smallest absolute Gasteiger partial charge is 0.201 e. The van der Waals surface area contributed by atoms with Crippen molar-refractivity contribution in [1.82, 2.24) is 0 Å². The van der Waals surface area contributed by atoms with E-state index in [0.29, 0.717) is 0 Å². The number of hydrogen-bond donors (Lipinski definition) is 0. The molecule has 0 saturated carbocycles. The summed E-state index contributed by atoms with van der Waals surface area (Å²) < 4.78 is 4.55. The number of fused-ring (bicyclic) bond motifs is 3. The van der Waals surface area contributed by atoms with E-state index in [9.17, 15) is 0 Å². The Kier molecular flexibility index (Phi) is 8.52. The molecule has 0 bridgehead atoms. The average Bonchev–Trinajstić information content (AvgIpc) is 3.10. The van der Waals surface area contributed by atoms with Gasteiger partial charge in [0.25, 0.3) is 0 Å². The Hall–Kier alpha value is -5.34. The topological polar surface area (TPSA) is 7.76 Å². The van der Waals surface area contributed by atoms with Crippen LogP contribution in [0.3, 0.4) is 0 Å². The quantitative estimate of drug-likeness (QED) is 0.129. The van der Waals surface area contributed by atoms with Crippen molar-refractivity contribution >= 4 is 33.8 Å². The highest BCUT2D eigenvalue weighted by Crippen LogP contribution is 2.35. The Bertz CT molecular complexity index is 2400. The molecule has 0 amide bonds. The van der Waals surface area contributed by atoms with Gasteiger partial charge in [-0.05, 0) is 90.9 Å². The highest BCUT2D eigenvalue weighted by molar-refractivity contribution is 6.09. The normalized spacial score (nSPS) is 12.3. The lowest BCUT2D eigenvalue weighted by atomic mass is 9.83. The standard InChI is InChI=1S/C48H48N2/c1-33-18-21-39(47(2,3)4)30-42(33)46-31-40(48(5,6)7)24-27-50(46)26-23-38-28-37-20-19-35-16-12-13-17-41(35)43(37)32-44(38)45-29-36(22-25-49(45)8)34-14-10-9-11-15-34/h9-32H,1-8H3/q+2/b26-23-. The minimum absolute atomic E-state index is 0.0277. The van der Waals surface area contributed by atoms with Crippen molar-refractivity contribution in [1.29, 1.82) is 0 Å². The fourth-order valence-electron chi connectivity index (χ4n) is 6.93. The Morgan fingerprint density at radius 1 is 0.520 bits per heavy atom. The molecular weight excluding hydrogens is 605 g/mol. The average molecular weight is 653 g/mol. The van der Waals surface area contributed by atoms with Crippen LogP contribution in [0, 0.1) is 6.92 Å². The van der Waals surface area contributed by atoms with E-state index in [2.05, 4.69) is 211 Å². The van der Waals surface area contributed by atoms with Gasteiger partial charge < -0.3 is 0 Å². The van der Waals surface area contributed by atoms with Crippen LogP contribution in [0.25, 0.3) is 67.5 Å². The summed E-state index contributed by atoms with van der Waals surface area (Å²) in [4.78, 5) is 0. The van der Waals surface area contributed by atoms with Gasteiger partial charge in [-0.2, -0.15) is 4.57 Å².